The topological polar surface area (TPSA) is 87.7 Å². The van der Waals surface area contributed by atoms with E-state index in [0.717, 1.165) is 76.6 Å². The van der Waals surface area contributed by atoms with Crippen LogP contribution in [0.3, 0.4) is 0 Å². The lowest BCUT2D eigenvalue weighted by Crippen LogP contribution is -2.47. The minimum absolute atomic E-state index is 0.0450. The number of nitrogens with zero attached hydrogens (tertiary/aromatic N) is 4. The van der Waals surface area contributed by atoms with Gasteiger partial charge in [0.25, 0.3) is 0 Å². The number of likely N-dealkylation sites (tertiary alicyclic amines) is 1. The van der Waals surface area contributed by atoms with Gasteiger partial charge in [-0.05, 0) is 44.6 Å². The molecule has 0 radical (unpaired) electrons. The fraction of sp³-hybridized carbons (Fsp3) is 0.739. The van der Waals surface area contributed by atoms with Gasteiger partial charge < -0.3 is 15.0 Å². The highest BCUT2D eigenvalue weighted by atomic mass is 16.5. The SMILES string of the molecule is Cc1nc(CCNC(=O)C2CCC(=O)N(CCCN3CCOCC3)C2)nc2c1CCC2. The van der Waals surface area contributed by atoms with Gasteiger partial charge in [0.1, 0.15) is 5.82 Å². The minimum Gasteiger partial charge on any atom is -0.379 e. The van der Waals surface area contributed by atoms with E-state index in [1.807, 2.05) is 4.90 Å². The van der Waals surface area contributed by atoms with E-state index in [1.165, 1.54) is 11.3 Å². The second-order valence-corrected chi connectivity index (χ2v) is 8.93. The maximum atomic E-state index is 12.7. The van der Waals surface area contributed by atoms with E-state index in [9.17, 15) is 9.59 Å². The van der Waals surface area contributed by atoms with Crippen LogP contribution in [0, 0.1) is 12.8 Å². The quantitative estimate of drug-likeness (QED) is 0.661. The maximum absolute atomic E-state index is 12.7. The van der Waals surface area contributed by atoms with E-state index >= 15 is 0 Å². The smallest absolute Gasteiger partial charge is 0.224 e. The van der Waals surface area contributed by atoms with Crippen molar-refractivity contribution in [3.8, 4) is 0 Å². The number of ether oxygens (including phenoxy) is 1. The molecule has 31 heavy (non-hydrogen) atoms. The Balaban J connectivity index is 1.20. The van der Waals surface area contributed by atoms with E-state index in [0.29, 0.717) is 32.4 Å². The van der Waals surface area contributed by atoms with Crippen LogP contribution < -0.4 is 5.32 Å². The molecule has 0 aromatic carbocycles. The predicted octanol–water partition coefficient (Wildman–Crippen LogP) is 0.893. The molecule has 4 rings (SSSR count). The lowest BCUT2D eigenvalue weighted by molar-refractivity contribution is -0.138. The minimum atomic E-state index is -0.122. The molecule has 2 saturated heterocycles. The molecule has 0 saturated carbocycles. The lowest BCUT2D eigenvalue weighted by atomic mass is 9.96. The van der Waals surface area contributed by atoms with Gasteiger partial charge in [-0.15, -0.1) is 0 Å². The van der Waals surface area contributed by atoms with Crippen LogP contribution in [0.4, 0.5) is 0 Å². The molecular weight excluding hydrogens is 394 g/mol. The average molecular weight is 430 g/mol. The molecule has 1 aromatic heterocycles. The zero-order valence-corrected chi connectivity index (χ0v) is 18.7. The van der Waals surface area contributed by atoms with Crippen LogP contribution >= 0.6 is 0 Å². The van der Waals surface area contributed by atoms with Crippen LogP contribution in [0.2, 0.25) is 0 Å². The van der Waals surface area contributed by atoms with Crippen molar-refractivity contribution in [1.29, 1.82) is 0 Å². The summed E-state index contributed by atoms with van der Waals surface area (Å²) in [5.74, 6) is 0.919. The first kappa shape index (κ1) is 22.1. The van der Waals surface area contributed by atoms with E-state index in [-0.39, 0.29) is 17.7 Å². The van der Waals surface area contributed by atoms with Crippen LogP contribution in [-0.2, 0) is 33.6 Å². The maximum Gasteiger partial charge on any atom is 0.224 e. The summed E-state index contributed by atoms with van der Waals surface area (Å²) in [7, 11) is 0. The summed E-state index contributed by atoms with van der Waals surface area (Å²) in [4.78, 5) is 38.6. The van der Waals surface area contributed by atoms with Crippen molar-refractivity contribution in [2.24, 2.45) is 5.92 Å². The highest BCUT2D eigenvalue weighted by Gasteiger charge is 2.30. The zero-order chi connectivity index (χ0) is 21.6. The number of carbonyl (C=O) groups is 2. The molecule has 170 valence electrons. The standard InChI is InChI=1S/C23H35N5O3/c1-17-19-4-2-5-20(19)26-21(25-17)8-9-24-23(30)18-6-7-22(29)28(16-18)11-3-10-27-12-14-31-15-13-27/h18H,2-16H2,1H3,(H,24,30). The molecule has 2 fully saturated rings. The number of rotatable bonds is 8. The second-order valence-electron chi connectivity index (χ2n) is 8.93. The number of amides is 2. The van der Waals surface area contributed by atoms with Gasteiger partial charge in [-0.3, -0.25) is 14.5 Å². The Kier molecular flexibility index (Phi) is 7.50. The number of aromatic nitrogens is 2. The molecule has 1 aliphatic carbocycles. The summed E-state index contributed by atoms with van der Waals surface area (Å²) in [5.41, 5.74) is 3.59. The zero-order valence-electron chi connectivity index (χ0n) is 18.7. The first-order chi connectivity index (χ1) is 15.1. The number of aryl methyl sites for hydroxylation is 2. The molecule has 3 heterocycles. The van der Waals surface area contributed by atoms with Gasteiger partial charge in [0.05, 0.1) is 19.1 Å². The number of hydrogen-bond donors (Lipinski definition) is 1. The molecule has 8 nitrogen and oxygen atoms in total. The molecule has 8 heteroatoms. The molecule has 1 unspecified atom stereocenters. The predicted molar refractivity (Wildman–Crippen MR) is 117 cm³/mol. The van der Waals surface area contributed by atoms with Crippen molar-refractivity contribution >= 4 is 11.8 Å². The molecule has 0 spiro atoms. The third-order valence-corrected chi connectivity index (χ3v) is 6.71. The van der Waals surface area contributed by atoms with Gasteiger partial charge in [0, 0.05) is 63.5 Å². The van der Waals surface area contributed by atoms with Crippen molar-refractivity contribution in [3.63, 3.8) is 0 Å². The number of fused-ring (bicyclic) bond motifs is 1. The average Bonchev–Trinajstić information content (AvgIpc) is 3.25. The molecule has 2 aliphatic heterocycles. The first-order valence-corrected chi connectivity index (χ1v) is 11.8. The highest BCUT2D eigenvalue weighted by molar-refractivity contribution is 5.83. The molecule has 2 amide bonds. The van der Waals surface area contributed by atoms with Gasteiger partial charge in [-0.2, -0.15) is 0 Å². The van der Waals surface area contributed by atoms with Gasteiger partial charge in [0.2, 0.25) is 11.8 Å². The molecule has 3 aliphatic rings. The third-order valence-electron chi connectivity index (χ3n) is 6.71. The Morgan fingerprint density at radius 2 is 2.00 bits per heavy atom. The fourth-order valence-electron chi connectivity index (χ4n) is 4.89. The van der Waals surface area contributed by atoms with Gasteiger partial charge in [-0.25, -0.2) is 9.97 Å². The summed E-state index contributed by atoms with van der Waals surface area (Å²) in [5, 5.41) is 3.05. The lowest BCUT2D eigenvalue weighted by Gasteiger charge is -2.33. The monoisotopic (exact) mass is 429 g/mol. The second kappa shape index (κ2) is 10.5. The number of piperidine rings is 1. The normalized spacial score (nSPS) is 21.9. The number of hydrogen-bond acceptors (Lipinski definition) is 6. The van der Waals surface area contributed by atoms with Crippen LogP contribution in [0.5, 0.6) is 0 Å². The van der Waals surface area contributed by atoms with Crippen LogP contribution in [0.15, 0.2) is 0 Å². The molecule has 0 bridgehead atoms. The van der Waals surface area contributed by atoms with Crippen molar-refractivity contribution in [3.05, 3.63) is 22.8 Å². The van der Waals surface area contributed by atoms with Gasteiger partial charge in [-0.1, -0.05) is 0 Å². The fourth-order valence-corrected chi connectivity index (χ4v) is 4.89. The van der Waals surface area contributed by atoms with E-state index in [4.69, 9.17) is 9.72 Å². The number of nitrogens with one attached hydrogen (secondary N) is 1. The first-order valence-electron chi connectivity index (χ1n) is 11.8. The van der Waals surface area contributed by atoms with Crippen LogP contribution in [0.25, 0.3) is 0 Å². The van der Waals surface area contributed by atoms with E-state index < -0.39 is 0 Å². The number of carbonyl (C=O) groups excluding carboxylic acids is 2. The number of morpholine rings is 1. The van der Waals surface area contributed by atoms with E-state index in [1.54, 1.807) is 0 Å². The van der Waals surface area contributed by atoms with Gasteiger partial charge >= 0.3 is 0 Å². The largest absolute Gasteiger partial charge is 0.379 e. The summed E-state index contributed by atoms with van der Waals surface area (Å²) in [6.45, 7) is 8.34. The summed E-state index contributed by atoms with van der Waals surface area (Å²) < 4.78 is 5.38. The Bertz CT molecular complexity index is 794. The van der Waals surface area contributed by atoms with Crippen molar-refractivity contribution in [2.45, 2.75) is 51.9 Å². The Morgan fingerprint density at radius 3 is 2.84 bits per heavy atom. The van der Waals surface area contributed by atoms with Crippen LogP contribution in [-0.4, -0.2) is 84.1 Å². The van der Waals surface area contributed by atoms with Crippen molar-refractivity contribution in [1.82, 2.24) is 25.1 Å². The Labute approximate surface area is 184 Å². The highest BCUT2D eigenvalue weighted by Crippen LogP contribution is 2.22. The Hall–Kier alpha value is -2.06. The van der Waals surface area contributed by atoms with Crippen molar-refractivity contribution in [2.75, 3.05) is 52.5 Å². The van der Waals surface area contributed by atoms with Crippen LogP contribution in [0.1, 0.15) is 48.5 Å². The summed E-state index contributed by atoms with van der Waals surface area (Å²) in [6.07, 6.45) is 5.97. The summed E-state index contributed by atoms with van der Waals surface area (Å²) in [6, 6.07) is 0. The Morgan fingerprint density at radius 1 is 1.16 bits per heavy atom. The third kappa shape index (κ3) is 5.80. The molecule has 1 aromatic rings. The molecular formula is C23H35N5O3. The molecule has 1 atom stereocenters. The molecule has 1 N–H and O–H groups in total. The van der Waals surface area contributed by atoms with Gasteiger partial charge in [0.15, 0.2) is 0 Å². The van der Waals surface area contributed by atoms with E-state index in [2.05, 4.69) is 22.1 Å². The van der Waals surface area contributed by atoms with Crippen molar-refractivity contribution < 1.29 is 14.3 Å². The summed E-state index contributed by atoms with van der Waals surface area (Å²) >= 11 is 0.